The first kappa shape index (κ1) is 23.1. The summed E-state index contributed by atoms with van der Waals surface area (Å²) in [7, 11) is 0. The third kappa shape index (κ3) is 3.57. The molecule has 0 saturated carbocycles. The van der Waals surface area contributed by atoms with Crippen molar-refractivity contribution in [3.05, 3.63) is 99.6 Å². The molecule has 1 spiro atoms. The summed E-state index contributed by atoms with van der Waals surface area (Å²) in [6.07, 6.45) is 1.57. The number of hydrogen-bond acceptors (Lipinski definition) is 3. The summed E-state index contributed by atoms with van der Waals surface area (Å²) in [6.45, 7) is 13.5. The molecule has 0 bridgehead atoms. The Hall–Kier alpha value is -2.62. The van der Waals surface area contributed by atoms with Crippen LogP contribution in [0, 0.1) is 20.8 Å². The lowest BCUT2D eigenvalue weighted by molar-refractivity contribution is -0.119. The molecule has 3 aromatic rings. The minimum atomic E-state index is -1.17. The standard InChI is InChI=1S/C31H37NO2/c1-21(2)26-11-13-27(14-12-26)31(33)28-23(4)19-22(3)24(5)29(28)34-30(31)15-17-32(18-16-30)20-25-9-7-6-8-10-25/h6-14,19,21,33H,15-18,20H2,1-5H3. The van der Waals surface area contributed by atoms with E-state index < -0.39 is 11.2 Å². The second-order valence-corrected chi connectivity index (χ2v) is 10.7. The summed E-state index contributed by atoms with van der Waals surface area (Å²) in [4.78, 5) is 2.49. The van der Waals surface area contributed by atoms with Gasteiger partial charge in [-0.2, -0.15) is 0 Å². The number of piperidine rings is 1. The Kier molecular flexibility index (Phi) is 5.82. The Morgan fingerprint density at radius 3 is 2.18 bits per heavy atom. The monoisotopic (exact) mass is 455 g/mol. The summed E-state index contributed by atoms with van der Waals surface area (Å²) in [6, 6.07) is 21.4. The van der Waals surface area contributed by atoms with Gasteiger partial charge in [0.25, 0.3) is 0 Å². The van der Waals surface area contributed by atoms with Crippen LogP contribution in [0.25, 0.3) is 0 Å². The Labute approximate surface area is 204 Å². The van der Waals surface area contributed by atoms with Gasteiger partial charge in [-0.05, 0) is 60.1 Å². The Morgan fingerprint density at radius 1 is 0.912 bits per heavy atom. The van der Waals surface area contributed by atoms with Crippen molar-refractivity contribution >= 4 is 0 Å². The van der Waals surface area contributed by atoms with Gasteiger partial charge in [0, 0.05) is 38.0 Å². The van der Waals surface area contributed by atoms with Gasteiger partial charge in [0.15, 0.2) is 5.60 Å². The Bertz CT molecular complexity index is 1170. The molecule has 1 atom stereocenters. The Balaban J connectivity index is 1.55. The number of fused-ring (bicyclic) bond motifs is 1. The van der Waals surface area contributed by atoms with Crippen LogP contribution in [0.5, 0.6) is 5.75 Å². The van der Waals surface area contributed by atoms with Crippen molar-refractivity contribution in [3.8, 4) is 5.75 Å². The van der Waals surface area contributed by atoms with Crippen LogP contribution < -0.4 is 4.74 Å². The van der Waals surface area contributed by atoms with Crippen LogP contribution in [0.3, 0.4) is 0 Å². The van der Waals surface area contributed by atoms with Gasteiger partial charge in [-0.1, -0.05) is 74.5 Å². The first-order valence-corrected chi connectivity index (χ1v) is 12.6. The highest BCUT2D eigenvalue weighted by Crippen LogP contribution is 2.58. The zero-order valence-corrected chi connectivity index (χ0v) is 21.2. The topological polar surface area (TPSA) is 32.7 Å². The van der Waals surface area contributed by atoms with E-state index >= 15 is 0 Å². The third-order valence-electron chi connectivity index (χ3n) is 8.21. The fourth-order valence-electron chi connectivity index (χ4n) is 6.02. The molecule has 0 aromatic heterocycles. The van der Waals surface area contributed by atoms with E-state index in [0.717, 1.165) is 60.5 Å². The predicted octanol–water partition coefficient (Wildman–Crippen LogP) is 6.40. The lowest BCUT2D eigenvalue weighted by atomic mass is 9.68. The highest BCUT2D eigenvalue weighted by atomic mass is 16.5. The van der Waals surface area contributed by atoms with Gasteiger partial charge in [-0.3, -0.25) is 4.90 Å². The SMILES string of the molecule is Cc1cc(C)c2c(c1C)OC1(CCN(Cc3ccccc3)CC1)C2(O)c1ccc(C(C)C)cc1. The second kappa shape index (κ2) is 8.55. The summed E-state index contributed by atoms with van der Waals surface area (Å²) in [5.74, 6) is 1.35. The van der Waals surface area contributed by atoms with Gasteiger partial charge < -0.3 is 9.84 Å². The molecule has 1 saturated heterocycles. The largest absolute Gasteiger partial charge is 0.483 e. The van der Waals surface area contributed by atoms with Gasteiger partial charge in [0.1, 0.15) is 11.4 Å². The summed E-state index contributed by atoms with van der Waals surface area (Å²) < 4.78 is 6.90. The van der Waals surface area contributed by atoms with Gasteiger partial charge in [0.05, 0.1) is 0 Å². The predicted molar refractivity (Wildman–Crippen MR) is 138 cm³/mol. The van der Waals surface area contributed by atoms with E-state index in [9.17, 15) is 5.11 Å². The average Bonchev–Trinajstić information content (AvgIpc) is 3.09. The smallest absolute Gasteiger partial charge is 0.158 e. The van der Waals surface area contributed by atoms with E-state index in [2.05, 4.69) is 100 Å². The van der Waals surface area contributed by atoms with Crippen LogP contribution in [-0.4, -0.2) is 28.7 Å². The van der Waals surface area contributed by atoms with Crippen molar-refractivity contribution in [1.82, 2.24) is 4.90 Å². The van der Waals surface area contributed by atoms with Gasteiger partial charge in [0.2, 0.25) is 0 Å². The fraction of sp³-hybridized carbons (Fsp3) is 0.419. The maximum atomic E-state index is 12.7. The van der Waals surface area contributed by atoms with Crippen molar-refractivity contribution in [3.63, 3.8) is 0 Å². The first-order chi connectivity index (χ1) is 16.2. The van der Waals surface area contributed by atoms with Crippen molar-refractivity contribution in [2.75, 3.05) is 13.1 Å². The Morgan fingerprint density at radius 2 is 1.56 bits per heavy atom. The first-order valence-electron chi connectivity index (χ1n) is 12.6. The van der Waals surface area contributed by atoms with E-state index in [4.69, 9.17) is 4.74 Å². The molecule has 0 aliphatic carbocycles. The molecule has 1 fully saturated rings. The van der Waals surface area contributed by atoms with Gasteiger partial charge in [-0.15, -0.1) is 0 Å². The number of likely N-dealkylation sites (tertiary alicyclic amines) is 1. The van der Waals surface area contributed by atoms with Crippen molar-refractivity contribution in [2.45, 2.75) is 71.1 Å². The van der Waals surface area contributed by atoms with Crippen molar-refractivity contribution in [2.24, 2.45) is 0 Å². The lowest BCUT2D eigenvalue weighted by Gasteiger charge is -2.46. The quantitative estimate of drug-likeness (QED) is 0.494. The summed E-state index contributed by atoms with van der Waals surface area (Å²) >= 11 is 0. The zero-order chi connectivity index (χ0) is 24.1. The minimum Gasteiger partial charge on any atom is -0.483 e. The molecule has 178 valence electrons. The van der Waals surface area contributed by atoms with Crippen molar-refractivity contribution < 1.29 is 9.84 Å². The van der Waals surface area contributed by atoms with Crippen LogP contribution in [0.15, 0.2) is 60.7 Å². The molecule has 3 nitrogen and oxygen atoms in total. The van der Waals surface area contributed by atoms with E-state index in [1.54, 1.807) is 0 Å². The van der Waals surface area contributed by atoms with Crippen LogP contribution in [0.4, 0.5) is 0 Å². The molecule has 0 amide bonds. The van der Waals surface area contributed by atoms with Crippen molar-refractivity contribution in [1.29, 1.82) is 0 Å². The van der Waals surface area contributed by atoms with E-state index in [-0.39, 0.29) is 0 Å². The molecule has 2 heterocycles. The molecular formula is C31H37NO2. The normalized spacial score (nSPS) is 21.6. The summed E-state index contributed by atoms with van der Waals surface area (Å²) in [5.41, 5.74) is 6.16. The number of aryl methyl sites for hydroxylation is 2. The highest BCUT2D eigenvalue weighted by Gasteiger charge is 2.62. The molecule has 34 heavy (non-hydrogen) atoms. The maximum absolute atomic E-state index is 12.7. The molecule has 5 rings (SSSR count). The lowest BCUT2D eigenvalue weighted by Crippen LogP contribution is -2.58. The molecule has 2 aliphatic rings. The highest BCUT2D eigenvalue weighted by molar-refractivity contribution is 5.61. The molecule has 3 heteroatoms. The maximum Gasteiger partial charge on any atom is 0.158 e. The number of ether oxygens (including phenoxy) is 1. The van der Waals surface area contributed by atoms with Crippen LogP contribution >= 0.6 is 0 Å². The summed E-state index contributed by atoms with van der Waals surface area (Å²) in [5, 5.41) is 12.7. The van der Waals surface area contributed by atoms with Gasteiger partial charge in [-0.25, -0.2) is 0 Å². The molecular weight excluding hydrogens is 418 g/mol. The third-order valence-corrected chi connectivity index (χ3v) is 8.21. The number of nitrogens with zero attached hydrogens (tertiary/aromatic N) is 1. The number of rotatable bonds is 4. The fourth-order valence-corrected chi connectivity index (χ4v) is 6.02. The van der Waals surface area contributed by atoms with E-state index in [0.29, 0.717) is 5.92 Å². The average molecular weight is 456 g/mol. The molecule has 1 N–H and O–H groups in total. The number of hydrogen-bond donors (Lipinski definition) is 1. The minimum absolute atomic E-state index is 0.456. The van der Waals surface area contributed by atoms with E-state index in [1.165, 1.54) is 16.7 Å². The molecule has 2 aliphatic heterocycles. The van der Waals surface area contributed by atoms with Crippen LogP contribution in [-0.2, 0) is 12.1 Å². The molecule has 3 aromatic carbocycles. The van der Waals surface area contributed by atoms with Crippen LogP contribution in [0.2, 0.25) is 0 Å². The second-order valence-electron chi connectivity index (χ2n) is 10.7. The van der Waals surface area contributed by atoms with Gasteiger partial charge >= 0.3 is 0 Å². The number of benzene rings is 3. The molecule has 1 unspecified atom stereocenters. The molecule has 0 radical (unpaired) electrons. The number of aliphatic hydroxyl groups is 1. The van der Waals surface area contributed by atoms with Crippen LogP contribution in [0.1, 0.15) is 71.6 Å². The zero-order valence-electron chi connectivity index (χ0n) is 21.2. The van der Waals surface area contributed by atoms with E-state index in [1.807, 2.05) is 0 Å².